The number of rotatable bonds is 8. The highest BCUT2D eigenvalue weighted by atomic mass is 32.1. The van der Waals surface area contributed by atoms with E-state index < -0.39 is 0 Å². The van der Waals surface area contributed by atoms with Crippen LogP contribution in [-0.2, 0) is 19.5 Å². The molecule has 2 heterocycles. The topological polar surface area (TPSA) is 24.5 Å². The van der Waals surface area contributed by atoms with Gasteiger partial charge in [-0.15, -0.1) is 22.7 Å². The predicted molar refractivity (Wildman–Crippen MR) is 115 cm³/mol. The minimum atomic E-state index is 0.711. The summed E-state index contributed by atoms with van der Waals surface area (Å²) in [5.41, 5.74) is 1.18. The fraction of sp³-hybridized carbons (Fsp3) is 0.250. The van der Waals surface area contributed by atoms with E-state index in [2.05, 4.69) is 57.4 Å². The van der Waals surface area contributed by atoms with Crippen molar-refractivity contribution in [3.05, 3.63) is 74.6 Å². The minimum Gasteiger partial charge on any atom is -0.497 e. The van der Waals surface area contributed by atoms with Crippen molar-refractivity contribution in [1.82, 2.24) is 10.2 Å². The maximum absolute atomic E-state index is 5.69. The SMILES string of the molecule is COc1ccc(CNC(=S)N(CCc2cccs2)Cc2cccs2)cc1. The van der Waals surface area contributed by atoms with Crippen LogP contribution in [0.4, 0.5) is 0 Å². The summed E-state index contributed by atoms with van der Waals surface area (Å²) in [7, 11) is 1.68. The van der Waals surface area contributed by atoms with Crippen molar-refractivity contribution in [3.8, 4) is 5.75 Å². The highest BCUT2D eigenvalue weighted by Gasteiger charge is 2.11. The summed E-state index contributed by atoms with van der Waals surface area (Å²) in [4.78, 5) is 4.97. The summed E-state index contributed by atoms with van der Waals surface area (Å²) in [6.07, 6.45) is 1.01. The second-order valence-corrected chi connectivity index (χ2v) is 8.29. The normalized spacial score (nSPS) is 10.5. The van der Waals surface area contributed by atoms with E-state index in [9.17, 15) is 0 Å². The second-order valence-electron chi connectivity index (χ2n) is 5.84. The number of thiophene rings is 2. The van der Waals surface area contributed by atoms with E-state index in [1.807, 2.05) is 12.1 Å². The van der Waals surface area contributed by atoms with Gasteiger partial charge in [0.25, 0.3) is 0 Å². The second kappa shape index (κ2) is 9.71. The Balaban J connectivity index is 1.59. The Bertz CT molecular complexity index is 783. The van der Waals surface area contributed by atoms with Crippen LogP contribution in [0.5, 0.6) is 5.75 Å². The molecular weight excluding hydrogens is 380 g/mol. The molecule has 1 N–H and O–H groups in total. The lowest BCUT2D eigenvalue weighted by molar-refractivity contribution is 0.412. The van der Waals surface area contributed by atoms with Gasteiger partial charge in [0, 0.05) is 22.8 Å². The first-order valence-corrected chi connectivity index (χ1v) is 10.6. The maximum Gasteiger partial charge on any atom is 0.169 e. The van der Waals surface area contributed by atoms with Crippen molar-refractivity contribution in [2.75, 3.05) is 13.7 Å². The van der Waals surface area contributed by atoms with Crippen molar-refractivity contribution in [1.29, 1.82) is 0 Å². The molecular formula is C20H22N2OS3. The molecule has 0 saturated carbocycles. The molecule has 0 spiro atoms. The molecule has 3 aromatic rings. The summed E-state index contributed by atoms with van der Waals surface area (Å²) in [6.45, 7) is 2.47. The Kier molecular flexibility index (Phi) is 7.05. The van der Waals surface area contributed by atoms with Crippen LogP contribution < -0.4 is 10.1 Å². The molecule has 0 aliphatic rings. The molecule has 0 aliphatic carbocycles. The highest BCUT2D eigenvalue weighted by Crippen LogP contribution is 2.15. The molecule has 0 atom stereocenters. The number of benzene rings is 1. The molecule has 0 fully saturated rings. The van der Waals surface area contributed by atoms with Crippen LogP contribution in [0.2, 0.25) is 0 Å². The Labute approximate surface area is 168 Å². The summed E-state index contributed by atoms with van der Waals surface area (Å²) in [5, 5.41) is 8.44. The van der Waals surface area contributed by atoms with E-state index >= 15 is 0 Å². The van der Waals surface area contributed by atoms with Gasteiger partial charge in [0.15, 0.2) is 5.11 Å². The molecule has 0 bridgehead atoms. The standard InChI is InChI=1S/C20H22N2OS3/c1-23-17-8-6-16(7-9-17)14-21-20(24)22(15-19-5-3-13-26-19)11-10-18-4-2-12-25-18/h2-9,12-13H,10-11,14-15H2,1H3,(H,21,24). The van der Waals surface area contributed by atoms with Crippen LogP contribution in [-0.4, -0.2) is 23.7 Å². The zero-order valence-electron chi connectivity index (χ0n) is 14.7. The summed E-state index contributed by atoms with van der Waals surface area (Å²) < 4.78 is 5.21. The number of nitrogens with zero attached hydrogens (tertiary/aromatic N) is 1. The molecule has 0 unspecified atom stereocenters. The fourth-order valence-electron chi connectivity index (χ4n) is 2.58. The Morgan fingerprint density at radius 2 is 1.73 bits per heavy atom. The van der Waals surface area contributed by atoms with Gasteiger partial charge in [0.05, 0.1) is 13.7 Å². The summed E-state index contributed by atoms with van der Waals surface area (Å²) >= 11 is 9.26. The van der Waals surface area contributed by atoms with Crippen molar-refractivity contribution in [3.63, 3.8) is 0 Å². The third kappa shape index (κ3) is 5.56. The smallest absolute Gasteiger partial charge is 0.169 e. The highest BCUT2D eigenvalue weighted by molar-refractivity contribution is 7.80. The van der Waals surface area contributed by atoms with E-state index in [1.54, 1.807) is 29.8 Å². The van der Waals surface area contributed by atoms with Gasteiger partial charge in [-0.1, -0.05) is 24.3 Å². The molecule has 26 heavy (non-hydrogen) atoms. The maximum atomic E-state index is 5.69. The van der Waals surface area contributed by atoms with Crippen molar-refractivity contribution in [2.24, 2.45) is 0 Å². The number of hydrogen-bond donors (Lipinski definition) is 1. The third-order valence-electron chi connectivity index (χ3n) is 4.03. The van der Waals surface area contributed by atoms with E-state index in [0.29, 0.717) is 6.54 Å². The van der Waals surface area contributed by atoms with Gasteiger partial charge in [-0.2, -0.15) is 0 Å². The van der Waals surface area contributed by atoms with Gasteiger partial charge < -0.3 is 15.0 Å². The van der Waals surface area contributed by atoms with Gasteiger partial charge in [-0.3, -0.25) is 0 Å². The van der Waals surface area contributed by atoms with E-state index in [-0.39, 0.29) is 0 Å². The summed E-state index contributed by atoms with van der Waals surface area (Å²) in [6, 6.07) is 16.6. The molecule has 6 heteroatoms. The van der Waals surface area contributed by atoms with Crippen LogP contribution >= 0.6 is 34.9 Å². The zero-order valence-corrected chi connectivity index (χ0v) is 17.1. The van der Waals surface area contributed by atoms with E-state index in [4.69, 9.17) is 17.0 Å². The Hall–Kier alpha value is -1.89. The molecule has 2 aromatic heterocycles. The van der Waals surface area contributed by atoms with Crippen LogP contribution in [0.1, 0.15) is 15.3 Å². The molecule has 3 rings (SSSR count). The number of ether oxygens (including phenoxy) is 1. The molecule has 0 amide bonds. The van der Waals surface area contributed by atoms with Crippen molar-refractivity contribution < 1.29 is 4.74 Å². The van der Waals surface area contributed by atoms with Crippen molar-refractivity contribution >= 4 is 40.0 Å². The first-order valence-electron chi connectivity index (χ1n) is 8.45. The fourth-order valence-corrected chi connectivity index (χ4v) is 4.22. The molecule has 0 aliphatic heterocycles. The first kappa shape index (κ1) is 18.9. The predicted octanol–water partition coefficient (Wildman–Crippen LogP) is 4.94. The lowest BCUT2D eigenvalue weighted by Crippen LogP contribution is -2.39. The third-order valence-corrected chi connectivity index (χ3v) is 6.22. The van der Waals surface area contributed by atoms with Gasteiger partial charge in [-0.25, -0.2) is 0 Å². The number of nitrogens with one attached hydrogen (secondary N) is 1. The Morgan fingerprint density at radius 3 is 2.35 bits per heavy atom. The number of thiocarbonyl (C=S) groups is 1. The average Bonchev–Trinajstić information content (AvgIpc) is 3.37. The van der Waals surface area contributed by atoms with Gasteiger partial charge in [-0.05, 0) is 59.2 Å². The van der Waals surface area contributed by atoms with Crippen LogP contribution in [0.15, 0.2) is 59.3 Å². The molecule has 3 nitrogen and oxygen atoms in total. The Morgan fingerprint density at radius 1 is 1.04 bits per heavy atom. The summed E-state index contributed by atoms with van der Waals surface area (Å²) in [5.74, 6) is 0.867. The number of methoxy groups -OCH3 is 1. The van der Waals surface area contributed by atoms with E-state index in [1.165, 1.54) is 15.3 Å². The van der Waals surface area contributed by atoms with Crippen LogP contribution in [0, 0.1) is 0 Å². The average molecular weight is 403 g/mol. The van der Waals surface area contributed by atoms with Gasteiger partial charge >= 0.3 is 0 Å². The monoisotopic (exact) mass is 402 g/mol. The number of hydrogen-bond acceptors (Lipinski definition) is 4. The molecule has 136 valence electrons. The zero-order chi connectivity index (χ0) is 18.2. The molecule has 0 saturated heterocycles. The van der Waals surface area contributed by atoms with Gasteiger partial charge in [0.1, 0.15) is 5.75 Å². The van der Waals surface area contributed by atoms with Crippen molar-refractivity contribution in [2.45, 2.75) is 19.5 Å². The minimum absolute atomic E-state index is 0.711. The van der Waals surface area contributed by atoms with Gasteiger partial charge in [0.2, 0.25) is 0 Å². The molecule has 0 radical (unpaired) electrons. The van der Waals surface area contributed by atoms with Crippen LogP contribution in [0.3, 0.4) is 0 Å². The quantitative estimate of drug-likeness (QED) is 0.540. The first-order chi connectivity index (χ1) is 12.7. The lowest BCUT2D eigenvalue weighted by atomic mass is 10.2. The molecule has 1 aromatic carbocycles. The van der Waals surface area contributed by atoms with E-state index in [0.717, 1.165) is 30.4 Å². The lowest BCUT2D eigenvalue weighted by Gasteiger charge is -2.25. The largest absolute Gasteiger partial charge is 0.497 e. The van der Waals surface area contributed by atoms with Crippen LogP contribution in [0.25, 0.3) is 0 Å².